The molecule has 4 rings (SSSR count). The number of rotatable bonds is 8. The smallest absolute Gasteiger partial charge is 0.248 e. The summed E-state index contributed by atoms with van der Waals surface area (Å²) in [6.45, 7) is 9.28. The van der Waals surface area contributed by atoms with Gasteiger partial charge in [-0.3, -0.25) is 9.69 Å². The van der Waals surface area contributed by atoms with Crippen LogP contribution >= 0.6 is 11.6 Å². The lowest BCUT2D eigenvalue weighted by molar-refractivity contribution is -0.111. The van der Waals surface area contributed by atoms with Gasteiger partial charge in [0.2, 0.25) is 5.91 Å². The van der Waals surface area contributed by atoms with Gasteiger partial charge in [-0.1, -0.05) is 17.7 Å². The largest absolute Gasteiger partial charge is 0.494 e. The van der Waals surface area contributed by atoms with Crippen LogP contribution in [0.1, 0.15) is 33.6 Å². The number of anilines is 3. The number of carbonyl (C=O) groups is 1. The quantitative estimate of drug-likeness (QED) is 0.324. The van der Waals surface area contributed by atoms with E-state index in [1.165, 1.54) is 25.6 Å². The number of piperidine rings is 1. The van der Waals surface area contributed by atoms with Crippen LogP contribution in [-0.2, 0) is 4.79 Å². The van der Waals surface area contributed by atoms with Crippen LogP contribution in [0.15, 0.2) is 48.8 Å². The van der Waals surface area contributed by atoms with Crippen molar-refractivity contribution in [2.24, 2.45) is 0 Å². The molecule has 1 aliphatic rings. The molecule has 1 amide bonds. The van der Waals surface area contributed by atoms with Gasteiger partial charge in [0.1, 0.15) is 23.7 Å². The highest BCUT2D eigenvalue weighted by atomic mass is 35.5. The lowest BCUT2D eigenvalue weighted by Gasteiger charge is -2.35. The molecule has 3 aromatic rings. The Morgan fingerprint density at radius 1 is 1.21 bits per heavy atom. The van der Waals surface area contributed by atoms with E-state index in [1.807, 2.05) is 6.08 Å². The van der Waals surface area contributed by atoms with Crippen LogP contribution < -0.4 is 20.7 Å². The van der Waals surface area contributed by atoms with Gasteiger partial charge in [0.05, 0.1) is 23.3 Å². The molecule has 0 unspecified atom stereocenters. The molecule has 0 bridgehead atoms. The number of hydrogen-bond acceptors (Lipinski definition) is 7. The van der Waals surface area contributed by atoms with Crippen molar-refractivity contribution in [1.29, 1.82) is 0 Å². The first-order chi connectivity index (χ1) is 18.1. The van der Waals surface area contributed by atoms with E-state index in [1.54, 1.807) is 24.3 Å². The number of halogens is 2. The number of fused-ring (bicyclic) bond motifs is 1. The Kier molecular flexibility index (Phi) is 8.81. The number of ether oxygens (including phenoxy) is 1. The summed E-state index contributed by atoms with van der Waals surface area (Å²) in [6.07, 6.45) is 7.03. The third-order valence-electron chi connectivity index (χ3n) is 6.25. The van der Waals surface area contributed by atoms with E-state index < -0.39 is 5.82 Å². The average molecular weight is 541 g/mol. The van der Waals surface area contributed by atoms with Crippen LogP contribution in [0.5, 0.6) is 5.75 Å². The molecule has 0 saturated carbocycles. The zero-order valence-corrected chi connectivity index (χ0v) is 22.9. The Morgan fingerprint density at radius 2 is 1.97 bits per heavy atom. The monoisotopic (exact) mass is 540 g/mol. The van der Waals surface area contributed by atoms with E-state index in [4.69, 9.17) is 16.3 Å². The Morgan fingerprint density at radius 3 is 2.66 bits per heavy atom. The third kappa shape index (κ3) is 7.40. The second kappa shape index (κ2) is 12.1. The molecule has 0 aliphatic carbocycles. The zero-order chi connectivity index (χ0) is 27.3. The summed E-state index contributed by atoms with van der Waals surface area (Å²) in [4.78, 5) is 23.7. The molecule has 202 valence electrons. The Balaban J connectivity index is 1.42. The van der Waals surface area contributed by atoms with Gasteiger partial charge in [0.25, 0.3) is 0 Å². The average Bonchev–Trinajstić information content (AvgIpc) is 2.86. The summed E-state index contributed by atoms with van der Waals surface area (Å²) in [7, 11) is 1.53. The molecule has 8 nitrogen and oxygen atoms in total. The maximum absolute atomic E-state index is 13.6. The molecule has 0 atom stereocenters. The Bertz CT molecular complexity index is 1320. The first-order valence-electron chi connectivity index (χ1n) is 12.6. The number of nitrogens with zero attached hydrogens (tertiary/aromatic N) is 3. The Labute approximate surface area is 227 Å². The van der Waals surface area contributed by atoms with E-state index in [0.29, 0.717) is 46.4 Å². The van der Waals surface area contributed by atoms with Gasteiger partial charge >= 0.3 is 0 Å². The number of hydrogen-bond donors (Lipinski definition) is 3. The van der Waals surface area contributed by atoms with E-state index in [-0.39, 0.29) is 16.5 Å². The standard InChI is InChI=1S/C28H34ClFN6O2/c1-28(2,3)35-18-9-12-36(13-10-18)11-5-6-26(37)34-24-15-20-23(16-25(24)38-4)31-17-32-27(20)33-19-7-8-22(30)21(29)14-19/h5-8,14-18,35H,9-13H2,1-4H3,(H,34,37)(H,31,32,33)/b6-5+. The second-order valence-corrected chi connectivity index (χ2v) is 10.8. The number of nitrogens with one attached hydrogen (secondary N) is 3. The summed E-state index contributed by atoms with van der Waals surface area (Å²) in [5.41, 5.74) is 1.79. The lowest BCUT2D eigenvalue weighted by atomic mass is 10.00. The summed E-state index contributed by atoms with van der Waals surface area (Å²) >= 11 is 5.92. The van der Waals surface area contributed by atoms with Gasteiger partial charge in [-0.2, -0.15) is 0 Å². The van der Waals surface area contributed by atoms with Crippen molar-refractivity contribution in [3.8, 4) is 5.75 Å². The first-order valence-corrected chi connectivity index (χ1v) is 13.0. The van der Waals surface area contributed by atoms with E-state index in [9.17, 15) is 9.18 Å². The van der Waals surface area contributed by atoms with Crippen LogP contribution in [0.25, 0.3) is 10.9 Å². The summed E-state index contributed by atoms with van der Waals surface area (Å²) in [5.74, 6) is 0.191. The highest BCUT2D eigenvalue weighted by molar-refractivity contribution is 6.31. The van der Waals surface area contributed by atoms with Crippen LogP contribution in [0.4, 0.5) is 21.6 Å². The van der Waals surface area contributed by atoms with Gasteiger partial charge < -0.3 is 20.7 Å². The Hall–Kier alpha value is -3.27. The minimum atomic E-state index is -0.505. The van der Waals surface area contributed by atoms with Crippen molar-refractivity contribution in [2.45, 2.75) is 45.2 Å². The molecule has 1 aliphatic heterocycles. The second-order valence-electron chi connectivity index (χ2n) is 10.4. The third-order valence-corrected chi connectivity index (χ3v) is 6.54. The normalized spacial score (nSPS) is 15.2. The topological polar surface area (TPSA) is 91.4 Å². The van der Waals surface area contributed by atoms with Gasteiger partial charge in [-0.25, -0.2) is 14.4 Å². The SMILES string of the molecule is COc1cc2ncnc(Nc3ccc(F)c(Cl)c3)c2cc1NC(=O)/C=C/CN1CCC(NC(C)(C)C)CC1. The molecule has 10 heteroatoms. The zero-order valence-electron chi connectivity index (χ0n) is 22.1. The highest BCUT2D eigenvalue weighted by Crippen LogP contribution is 2.33. The number of benzene rings is 2. The van der Waals surface area contributed by atoms with Gasteiger partial charge in [0, 0.05) is 41.3 Å². The molecular formula is C28H34ClFN6O2. The molecule has 2 aromatic carbocycles. The molecule has 1 aromatic heterocycles. The van der Waals surface area contributed by atoms with Crippen LogP contribution in [0.3, 0.4) is 0 Å². The predicted molar refractivity (Wildman–Crippen MR) is 151 cm³/mol. The number of carbonyl (C=O) groups excluding carboxylic acids is 1. The lowest BCUT2D eigenvalue weighted by Crippen LogP contribution is -2.49. The molecule has 2 heterocycles. The van der Waals surface area contributed by atoms with Gasteiger partial charge in [0.15, 0.2) is 0 Å². The fourth-order valence-electron chi connectivity index (χ4n) is 4.52. The minimum Gasteiger partial charge on any atom is -0.494 e. The fraction of sp³-hybridized carbons (Fsp3) is 0.393. The molecule has 1 fully saturated rings. The van der Waals surface area contributed by atoms with E-state index in [2.05, 4.69) is 51.6 Å². The van der Waals surface area contributed by atoms with Crippen LogP contribution in [0.2, 0.25) is 5.02 Å². The van der Waals surface area contributed by atoms with E-state index in [0.717, 1.165) is 25.9 Å². The minimum absolute atomic E-state index is 0.000662. The molecule has 3 N–H and O–H groups in total. The molecule has 38 heavy (non-hydrogen) atoms. The van der Waals surface area contributed by atoms with Crippen molar-refractivity contribution in [3.63, 3.8) is 0 Å². The van der Waals surface area contributed by atoms with Crippen molar-refractivity contribution in [3.05, 3.63) is 59.7 Å². The van der Waals surface area contributed by atoms with Crippen molar-refractivity contribution in [2.75, 3.05) is 37.4 Å². The fourth-order valence-corrected chi connectivity index (χ4v) is 4.70. The molecule has 0 spiro atoms. The number of amides is 1. The summed E-state index contributed by atoms with van der Waals surface area (Å²) < 4.78 is 19.1. The van der Waals surface area contributed by atoms with Crippen molar-refractivity contribution < 1.29 is 13.9 Å². The molecule has 0 radical (unpaired) electrons. The van der Waals surface area contributed by atoms with E-state index >= 15 is 0 Å². The van der Waals surface area contributed by atoms with Gasteiger partial charge in [-0.05, 0) is 71.0 Å². The van der Waals surface area contributed by atoms with Crippen LogP contribution in [-0.4, -0.2) is 59.1 Å². The van der Waals surface area contributed by atoms with Crippen LogP contribution in [0, 0.1) is 5.82 Å². The number of aromatic nitrogens is 2. The number of likely N-dealkylation sites (tertiary alicyclic amines) is 1. The highest BCUT2D eigenvalue weighted by Gasteiger charge is 2.22. The maximum Gasteiger partial charge on any atom is 0.248 e. The summed E-state index contributed by atoms with van der Waals surface area (Å²) in [5, 5.41) is 10.4. The number of methoxy groups -OCH3 is 1. The van der Waals surface area contributed by atoms with Crippen molar-refractivity contribution >= 4 is 45.6 Å². The molecular weight excluding hydrogens is 507 g/mol. The predicted octanol–water partition coefficient (Wildman–Crippen LogP) is 5.52. The van der Waals surface area contributed by atoms with Gasteiger partial charge in [-0.15, -0.1) is 0 Å². The molecule has 1 saturated heterocycles. The van der Waals surface area contributed by atoms with Crippen molar-refractivity contribution in [1.82, 2.24) is 20.2 Å². The maximum atomic E-state index is 13.6. The summed E-state index contributed by atoms with van der Waals surface area (Å²) in [6, 6.07) is 8.33. The first kappa shape index (κ1) is 27.8.